The average Bonchev–Trinajstić information content (AvgIpc) is 2.56. The van der Waals surface area contributed by atoms with Gasteiger partial charge in [-0.25, -0.2) is 0 Å². The van der Waals surface area contributed by atoms with Crippen LogP contribution in [0.2, 0.25) is 0 Å². The first-order valence-corrected chi connectivity index (χ1v) is 8.37. The van der Waals surface area contributed by atoms with Crippen LogP contribution < -0.4 is 5.32 Å². The molecule has 1 atom stereocenters. The van der Waals surface area contributed by atoms with Gasteiger partial charge in [0, 0.05) is 39.7 Å². The van der Waals surface area contributed by atoms with E-state index in [0.717, 1.165) is 13.1 Å². The number of nitrogens with zero attached hydrogens (tertiary/aromatic N) is 2. The van der Waals surface area contributed by atoms with Gasteiger partial charge in [0.15, 0.2) is 0 Å². The minimum Gasteiger partial charge on any atom is -0.375 e. The van der Waals surface area contributed by atoms with Crippen molar-refractivity contribution in [3.63, 3.8) is 0 Å². The lowest BCUT2D eigenvalue weighted by atomic mass is 9.84. The molecule has 0 saturated carbocycles. The molecule has 0 spiro atoms. The number of hydrogen-bond acceptors (Lipinski definition) is 4. The van der Waals surface area contributed by atoms with Crippen LogP contribution >= 0.6 is 12.4 Å². The number of rotatable bonds is 5. The first-order chi connectivity index (χ1) is 10.6. The van der Waals surface area contributed by atoms with Crippen LogP contribution in [0.3, 0.4) is 0 Å². The smallest absolute Gasteiger partial charge is 0.248 e. The van der Waals surface area contributed by atoms with Gasteiger partial charge >= 0.3 is 0 Å². The van der Waals surface area contributed by atoms with Crippen LogP contribution in [-0.4, -0.2) is 74.6 Å². The van der Waals surface area contributed by atoms with E-state index in [0.29, 0.717) is 44.4 Å². The van der Waals surface area contributed by atoms with Crippen LogP contribution in [0.25, 0.3) is 0 Å². The SMILES string of the molecule is COCC(=O)N1CCN(C(=O)CC(C)C2CCNCC2)CC1.Cl. The van der Waals surface area contributed by atoms with E-state index < -0.39 is 0 Å². The Bertz CT molecular complexity index is 381. The van der Waals surface area contributed by atoms with E-state index in [4.69, 9.17) is 4.74 Å². The molecule has 2 saturated heterocycles. The normalized spacial score (nSPS) is 20.8. The Hall–Kier alpha value is -0.850. The summed E-state index contributed by atoms with van der Waals surface area (Å²) < 4.78 is 4.87. The first kappa shape index (κ1) is 20.2. The summed E-state index contributed by atoms with van der Waals surface area (Å²) in [5.74, 6) is 1.36. The maximum absolute atomic E-state index is 12.4. The highest BCUT2D eigenvalue weighted by atomic mass is 35.5. The molecule has 0 aliphatic carbocycles. The van der Waals surface area contributed by atoms with E-state index in [2.05, 4.69) is 12.2 Å². The molecule has 0 aromatic rings. The van der Waals surface area contributed by atoms with Crippen LogP contribution in [0.5, 0.6) is 0 Å². The van der Waals surface area contributed by atoms with Crippen LogP contribution in [0.1, 0.15) is 26.2 Å². The molecule has 6 nitrogen and oxygen atoms in total. The molecule has 0 aromatic heterocycles. The number of carbonyl (C=O) groups excluding carboxylic acids is 2. The van der Waals surface area contributed by atoms with Crippen molar-refractivity contribution in [1.82, 2.24) is 15.1 Å². The molecule has 0 radical (unpaired) electrons. The van der Waals surface area contributed by atoms with Crippen LogP contribution in [0.4, 0.5) is 0 Å². The zero-order valence-electron chi connectivity index (χ0n) is 14.3. The molecular formula is C16H30ClN3O3. The fraction of sp³-hybridized carbons (Fsp3) is 0.875. The number of hydrogen-bond donors (Lipinski definition) is 1. The van der Waals surface area contributed by atoms with E-state index in [-0.39, 0.29) is 30.8 Å². The highest BCUT2D eigenvalue weighted by molar-refractivity contribution is 5.85. The maximum Gasteiger partial charge on any atom is 0.248 e. The monoisotopic (exact) mass is 347 g/mol. The standard InChI is InChI=1S/C16H29N3O3.ClH/c1-13(14-3-5-17-6-4-14)11-15(20)18-7-9-19(10-8-18)16(21)12-22-2;/h13-14,17H,3-12H2,1-2H3;1H. The molecule has 7 heteroatoms. The lowest BCUT2D eigenvalue weighted by Gasteiger charge is -2.36. The third kappa shape index (κ3) is 5.94. The highest BCUT2D eigenvalue weighted by Gasteiger charge is 2.27. The quantitative estimate of drug-likeness (QED) is 0.797. The molecule has 2 aliphatic heterocycles. The third-order valence-electron chi connectivity index (χ3n) is 4.94. The second-order valence-electron chi connectivity index (χ2n) is 6.46. The first-order valence-electron chi connectivity index (χ1n) is 8.37. The van der Waals surface area contributed by atoms with Crippen molar-refractivity contribution in [3.8, 4) is 0 Å². The van der Waals surface area contributed by atoms with Crippen molar-refractivity contribution < 1.29 is 14.3 Å². The minimum absolute atomic E-state index is 0. The van der Waals surface area contributed by atoms with E-state index in [1.54, 1.807) is 4.90 Å². The van der Waals surface area contributed by atoms with Gasteiger partial charge in [0.2, 0.25) is 11.8 Å². The van der Waals surface area contributed by atoms with Crippen LogP contribution in [-0.2, 0) is 14.3 Å². The number of piperidine rings is 1. The van der Waals surface area contributed by atoms with Crippen LogP contribution in [0, 0.1) is 11.8 Å². The van der Waals surface area contributed by atoms with Gasteiger partial charge in [0.05, 0.1) is 0 Å². The van der Waals surface area contributed by atoms with Crippen molar-refractivity contribution >= 4 is 24.2 Å². The zero-order chi connectivity index (χ0) is 15.9. The Labute approximate surface area is 145 Å². The summed E-state index contributed by atoms with van der Waals surface area (Å²) in [6, 6.07) is 0. The van der Waals surface area contributed by atoms with Gasteiger partial charge < -0.3 is 19.9 Å². The van der Waals surface area contributed by atoms with Gasteiger partial charge in [-0.2, -0.15) is 0 Å². The molecule has 0 bridgehead atoms. The lowest BCUT2D eigenvalue weighted by molar-refractivity contribution is -0.142. The predicted octanol–water partition coefficient (Wildman–Crippen LogP) is 0.751. The zero-order valence-corrected chi connectivity index (χ0v) is 15.1. The Balaban J connectivity index is 0.00000264. The number of amides is 2. The molecule has 2 fully saturated rings. The third-order valence-corrected chi connectivity index (χ3v) is 4.94. The highest BCUT2D eigenvalue weighted by Crippen LogP contribution is 2.25. The van der Waals surface area contributed by atoms with Gasteiger partial charge in [0.1, 0.15) is 6.61 Å². The molecule has 0 aromatic carbocycles. The molecule has 2 amide bonds. The van der Waals surface area contributed by atoms with Crippen LogP contribution in [0.15, 0.2) is 0 Å². The lowest BCUT2D eigenvalue weighted by Crippen LogP contribution is -2.51. The van der Waals surface area contributed by atoms with E-state index in [1.165, 1.54) is 20.0 Å². The van der Waals surface area contributed by atoms with Crippen molar-refractivity contribution in [2.75, 3.05) is 53.0 Å². The molecule has 134 valence electrons. The molecule has 2 rings (SSSR count). The maximum atomic E-state index is 12.4. The molecule has 2 aliphatic rings. The van der Waals surface area contributed by atoms with Crippen molar-refractivity contribution in [3.05, 3.63) is 0 Å². The van der Waals surface area contributed by atoms with Crippen molar-refractivity contribution in [2.24, 2.45) is 11.8 Å². The van der Waals surface area contributed by atoms with Gasteiger partial charge in [-0.1, -0.05) is 6.92 Å². The van der Waals surface area contributed by atoms with E-state index in [9.17, 15) is 9.59 Å². The molecule has 2 heterocycles. The van der Waals surface area contributed by atoms with Gasteiger partial charge in [-0.05, 0) is 37.8 Å². The molecule has 1 unspecified atom stereocenters. The largest absolute Gasteiger partial charge is 0.375 e. The number of carbonyl (C=O) groups is 2. The summed E-state index contributed by atoms with van der Waals surface area (Å²) in [6.45, 7) is 7.01. The van der Waals surface area contributed by atoms with Gasteiger partial charge in [0.25, 0.3) is 0 Å². The van der Waals surface area contributed by atoms with E-state index in [1.807, 2.05) is 4.90 Å². The average molecular weight is 348 g/mol. The van der Waals surface area contributed by atoms with Crippen molar-refractivity contribution in [1.29, 1.82) is 0 Å². The summed E-state index contributed by atoms with van der Waals surface area (Å²) in [5.41, 5.74) is 0. The second-order valence-corrected chi connectivity index (χ2v) is 6.46. The van der Waals surface area contributed by atoms with Gasteiger partial charge in [-0.3, -0.25) is 9.59 Å². The molecule has 23 heavy (non-hydrogen) atoms. The minimum atomic E-state index is 0. The summed E-state index contributed by atoms with van der Waals surface area (Å²) in [4.78, 5) is 27.9. The fourth-order valence-electron chi connectivity index (χ4n) is 3.40. The Morgan fingerprint density at radius 1 is 1.09 bits per heavy atom. The van der Waals surface area contributed by atoms with Gasteiger partial charge in [-0.15, -0.1) is 12.4 Å². The Kier molecular flexibility index (Phi) is 8.87. The second kappa shape index (κ2) is 10.1. The fourth-order valence-corrected chi connectivity index (χ4v) is 3.40. The Morgan fingerprint density at radius 3 is 2.13 bits per heavy atom. The topological polar surface area (TPSA) is 61.9 Å². The summed E-state index contributed by atoms with van der Waals surface area (Å²) in [7, 11) is 1.53. The van der Waals surface area contributed by atoms with Crippen molar-refractivity contribution in [2.45, 2.75) is 26.2 Å². The summed E-state index contributed by atoms with van der Waals surface area (Å²) >= 11 is 0. The number of piperazine rings is 1. The predicted molar refractivity (Wildman–Crippen MR) is 91.7 cm³/mol. The number of ether oxygens (including phenoxy) is 1. The summed E-state index contributed by atoms with van der Waals surface area (Å²) in [5, 5.41) is 3.37. The molecule has 1 N–H and O–H groups in total. The Morgan fingerprint density at radius 2 is 1.61 bits per heavy atom. The molecular weight excluding hydrogens is 318 g/mol. The number of methoxy groups -OCH3 is 1. The summed E-state index contributed by atoms with van der Waals surface area (Å²) in [6.07, 6.45) is 2.98. The number of nitrogens with one attached hydrogen (secondary N) is 1. The van der Waals surface area contributed by atoms with E-state index >= 15 is 0 Å². The number of halogens is 1.